The number of urea groups is 1. The molecule has 0 aromatic carbocycles. The molecule has 0 unspecified atom stereocenters. The van der Waals surface area contributed by atoms with Gasteiger partial charge in [-0.15, -0.1) is 0 Å². The minimum Gasteiger partial charge on any atom is -0.334 e. The van der Waals surface area contributed by atoms with Crippen LogP contribution in [0.5, 0.6) is 0 Å². The van der Waals surface area contributed by atoms with Gasteiger partial charge in [0.25, 0.3) is 0 Å². The first kappa shape index (κ1) is 14.0. The van der Waals surface area contributed by atoms with Gasteiger partial charge >= 0.3 is 6.03 Å². The Morgan fingerprint density at radius 3 is 2.75 bits per heavy atom. The second-order valence-corrected chi connectivity index (χ2v) is 4.92. The Labute approximate surface area is 117 Å². The van der Waals surface area contributed by atoms with Crippen molar-refractivity contribution in [3.05, 3.63) is 25.0 Å². The lowest BCUT2D eigenvalue weighted by atomic mass is 10.3. The minimum atomic E-state index is -0.263. The molecule has 20 heavy (non-hydrogen) atoms. The fourth-order valence-corrected chi connectivity index (χ4v) is 1.73. The van der Waals surface area contributed by atoms with Gasteiger partial charge in [-0.2, -0.15) is 10.2 Å². The van der Waals surface area contributed by atoms with Gasteiger partial charge in [0, 0.05) is 18.3 Å². The van der Waals surface area contributed by atoms with Gasteiger partial charge in [-0.25, -0.2) is 9.78 Å². The quantitative estimate of drug-likeness (QED) is 0.861. The Kier molecular flexibility index (Phi) is 4.34. The third-order valence-electron chi connectivity index (χ3n) is 2.69. The van der Waals surface area contributed by atoms with Crippen LogP contribution in [0.2, 0.25) is 0 Å². The highest BCUT2D eigenvalue weighted by Crippen LogP contribution is 2.09. The van der Waals surface area contributed by atoms with E-state index in [1.807, 2.05) is 20.8 Å². The number of hydrogen-bond acceptors (Lipinski definition) is 4. The molecule has 0 aliphatic rings. The van der Waals surface area contributed by atoms with E-state index < -0.39 is 0 Å². The maximum Gasteiger partial charge on any atom is 0.319 e. The average Bonchev–Trinajstić information content (AvgIpc) is 2.99. The average molecular weight is 277 g/mol. The van der Waals surface area contributed by atoms with Crippen LogP contribution in [-0.2, 0) is 6.54 Å². The molecule has 2 N–H and O–H groups in total. The van der Waals surface area contributed by atoms with Crippen molar-refractivity contribution in [2.45, 2.75) is 39.4 Å². The molecule has 0 fully saturated rings. The monoisotopic (exact) mass is 277 g/mol. The fourth-order valence-electron chi connectivity index (χ4n) is 1.73. The SMILES string of the molecule is CC(C)n1cc(NC(=O)N[C@@H](C)Cn2cncn2)cn1. The summed E-state index contributed by atoms with van der Waals surface area (Å²) < 4.78 is 3.45. The van der Waals surface area contributed by atoms with E-state index >= 15 is 0 Å². The molecule has 0 saturated carbocycles. The highest BCUT2D eigenvalue weighted by atomic mass is 16.2. The Morgan fingerprint density at radius 2 is 2.15 bits per heavy atom. The molecular formula is C12H19N7O. The fraction of sp³-hybridized carbons (Fsp3) is 0.500. The number of hydrogen-bond donors (Lipinski definition) is 2. The van der Waals surface area contributed by atoms with Crippen molar-refractivity contribution < 1.29 is 4.79 Å². The van der Waals surface area contributed by atoms with Gasteiger partial charge in [-0.05, 0) is 20.8 Å². The highest BCUT2D eigenvalue weighted by molar-refractivity contribution is 5.89. The van der Waals surface area contributed by atoms with Crippen LogP contribution in [0, 0.1) is 0 Å². The normalized spacial score (nSPS) is 12.4. The van der Waals surface area contributed by atoms with Crippen molar-refractivity contribution in [1.29, 1.82) is 0 Å². The molecule has 0 radical (unpaired) electrons. The summed E-state index contributed by atoms with van der Waals surface area (Å²) in [6, 6.07) is -0.0578. The van der Waals surface area contributed by atoms with Crippen LogP contribution in [0.1, 0.15) is 26.8 Å². The summed E-state index contributed by atoms with van der Waals surface area (Å²) in [6.07, 6.45) is 6.50. The van der Waals surface area contributed by atoms with E-state index in [-0.39, 0.29) is 18.1 Å². The molecule has 2 aromatic rings. The van der Waals surface area contributed by atoms with Crippen LogP contribution in [-0.4, -0.2) is 36.6 Å². The molecule has 0 spiro atoms. The maximum atomic E-state index is 11.8. The van der Waals surface area contributed by atoms with Crippen LogP contribution in [0.3, 0.4) is 0 Å². The summed E-state index contributed by atoms with van der Waals surface area (Å²) in [6.45, 7) is 6.52. The van der Waals surface area contributed by atoms with Crippen LogP contribution in [0.25, 0.3) is 0 Å². The van der Waals surface area contributed by atoms with Crippen molar-refractivity contribution in [3.8, 4) is 0 Å². The molecule has 2 heterocycles. The predicted octanol–water partition coefficient (Wildman–Crippen LogP) is 1.27. The Bertz CT molecular complexity index is 546. The maximum absolute atomic E-state index is 11.8. The molecule has 2 aromatic heterocycles. The summed E-state index contributed by atoms with van der Waals surface area (Å²) in [5.41, 5.74) is 0.671. The van der Waals surface area contributed by atoms with E-state index in [0.29, 0.717) is 12.2 Å². The third-order valence-corrected chi connectivity index (χ3v) is 2.69. The first-order chi connectivity index (χ1) is 9.54. The first-order valence-corrected chi connectivity index (χ1v) is 6.48. The van der Waals surface area contributed by atoms with Crippen molar-refractivity contribution in [1.82, 2.24) is 29.9 Å². The molecule has 8 nitrogen and oxygen atoms in total. The van der Waals surface area contributed by atoms with Gasteiger partial charge in [-0.1, -0.05) is 0 Å². The third kappa shape index (κ3) is 3.81. The molecule has 8 heteroatoms. The summed E-state index contributed by atoms with van der Waals surface area (Å²) in [5, 5.41) is 13.7. The Morgan fingerprint density at radius 1 is 1.35 bits per heavy atom. The van der Waals surface area contributed by atoms with Crippen LogP contribution in [0.15, 0.2) is 25.0 Å². The number of carbonyl (C=O) groups excluding carboxylic acids is 1. The van der Waals surface area contributed by atoms with E-state index in [0.717, 1.165) is 0 Å². The largest absolute Gasteiger partial charge is 0.334 e. The molecule has 0 bridgehead atoms. The summed E-state index contributed by atoms with van der Waals surface area (Å²) in [4.78, 5) is 15.7. The Balaban J connectivity index is 1.82. The van der Waals surface area contributed by atoms with Gasteiger partial charge < -0.3 is 10.6 Å². The molecule has 108 valence electrons. The lowest BCUT2D eigenvalue weighted by Crippen LogP contribution is -2.38. The topological polar surface area (TPSA) is 89.7 Å². The standard InChI is InChI=1S/C12H19N7O/c1-9(2)19-6-11(4-14-19)17-12(20)16-10(3)5-18-8-13-7-15-18/h4,6-10H,5H2,1-3H3,(H2,16,17,20)/t10-/m0/s1. The summed E-state index contributed by atoms with van der Waals surface area (Å²) >= 11 is 0. The number of nitrogens with one attached hydrogen (secondary N) is 2. The van der Waals surface area contributed by atoms with E-state index in [1.165, 1.54) is 6.33 Å². The number of amides is 2. The van der Waals surface area contributed by atoms with Crippen LogP contribution >= 0.6 is 0 Å². The molecule has 0 aliphatic carbocycles. The van der Waals surface area contributed by atoms with Gasteiger partial charge in [0.2, 0.25) is 0 Å². The van der Waals surface area contributed by atoms with Crippen molar-refractivity contribution >= 4 is 11.7 Å². The van der Waals surface area contributed by atoms with Crippen LogP contribution < -0.4 is 10.6 Å². The number of rotatable bonds is 5. The minimum absolute atomic E-state index is 0.0585. The predicted molar refractivity (Wildman–Crippen MR) is 74.3 cm³/mol. The van der Waals surface area contributed by atoms with Crippen molar-refractivity contribution in [2.75, 3.05) is 5.32 Å². The lowest BCUT2D eigenvalue weighted by molar-refractivity contribution is 0.247. The lowest BCUT2D eigenvalue weighted by Gasteiger charge is -2.13. The van der Waals surface area contributed by atoms with E-state index in [9.17, 15) is 4.79 Å². The number of carbonyl (C=O) groups is 1. The van der Waals surface area contributed by atoms with Crippen molar-refractivity contribution in [2.24, 2.45) is 0 Å². The molecule has 0 saturated heterocycles. The van der Waals surface area contributed by atoms with E-state index in [1.54, 1.807) is 28.1 Å². The molecule has 2 amide bonds. The van der Waals surface area contributed by atoms with Crippen molar-refractivity contribution in [3.63, 3.8) is 0 Å². The second-order valence-electron chi connectivity index (χ2n) is 4.92. The van der Waals surface area contributed by atoms with Gasteiger partial charge in [0.15, 0.2) is 0 Å². The van der Waals surface area contributed by atoms with Gasteiger partial charge in [-0.3, -0.25) is 9.36 Å². The molecule has 0 aliphatic heterocycles. The smallest absolute Gasteiger partial charge is 0.319 e. The zero-order valence-electron chi connectivity index (χ0n) is 11.8. The van der Waals surface area contributed by atoms with Gasteiger partial charge in [0.1, 0.15) is 12.7 Å². The molecule has 1 atom stereocenters. The first-order valence-electron chi connectivity index (χ1n) is 6.48. The Hall–Kier alpha value is -2.38. The van der Waals surface area contributed by atoms with E-state index in [2.05, 4.69) is 25.8 Å². The van der Waals surface area contributed by atoms with Crippen LogP contribution in [0.4, 0.5) is 10.5 Å². The number of aromatic nitrogens is 5. The number of anilines is 1. The van der Waals surface area contributed by atoms with Gasteiger partial charge in [0.05, 0.1) is 18.4 Å². The molecule has 2 rings (SSSR count). The summed E-state index contributed by atoms with van der Waals surface area (Å²) in [5.74, 6) is 0. The highest BCUT2D eigenvalue weighted by Gasteiger charge is 2.10. The zero-order chi connectivity index (χ0) is 14.5. The summed E-state index contributed by atoms with van der Waals surface area (Å²) in [7, 11) is 0. The second kappa shape index (κ2) is 6.18. The zero-order valence-corrected chi connectivity index (χ0v) is 11.8. The van der Waals surface area contributed by atoms with E-state index in [4.69, 9.17) is 0 Å². The number of nitrogens with zero attached hydrogens (tertiary/aromatic N) is 5. The molecular weight excluding hydrogens is 258 g/mol.